The quantitative estimate of drug-likeness (QED) is 0.642. The van der Waals surface area contributed by atoms with E-state index in [1.165, 1.54) is 12.1 Å². The fourth-order valence-electron chi connectivity index (χ4n) is 1.41. The van der Waals surface area contributed by atoms with Crippen LogP contribution in [0.4, 0.5) is 8.78 Å². The van der Waals surface area contributed by atoms with Gasteiger partial charge in [0.05, 0.1) is 5.56 Å². The number of halogens is 4. The van der Waals surface area contributed by atoms with Gasteiger partial charge in [0.15, 0.2) is 0 Å². The van der Waals surface area contributed by atoms with Crippen molar-refractivity contribution in [3.05, 3.63) is 57.6 Å². The maximum atomic E-state index is 12.8. The van der Waals surface area contributed by atoms with Crippen LogP contribution in [0.3, 0.4) is 0 Å². The first-order valence-electron chi connectivity index (χ1n) is 5.26. The molecule has 104 valence electrons. The molecule has 2 rings (SSSR count). The van der Waals surface area contributed by atoms with Crippen molar-refractivity contribution in [2.45, 2.75) is 6.61 Å². The van der Waals surface area contributed by atoms with Crippen molar-refractivity contribution in [2.75, 3.05) is 0 Å². The normalized spacial score (nSPS) is 10.4. The van der Waals surface area contributed by atoms with E-state index in [0.29, 0.717) is 0 Å². The van der Waals surface area contributed by atoms with Crippen LogP contribution in [0, 0.1) is 11.9 Å². The zero-order chi connectivity index (χ0) is 14.7. The number of esters is 1. The lowest BCUT2D eigenvalue weighted by atomic mass is 10.2. The highest BCUT2D eigenvalue weighted by Gasteiger charge is 2.11. The van der Waals surface area contributed by atoms with Gasteiger partial charge in [0.25, 0.3) is 0 Å². The van der Waals surface area contributed by atoms with Gasteiger partial charge in [-0.3, -0.25) is 0 Å². The third-order valence-corrected chi connectivity index (χ3v) is 2.58. The Bertz CT molecular complexity index is 627. The van der Waals surface area contributed by atoms with Gasteiger partial charge >= 0.3 is 5.97 Å². The van der Waals surface area contributed by atoms with Crippen molar-refractivity contribution in [3.63, 3.8) is 0 Å². The number of aromatic nitrogens is 2. The molecule has 4 nitrogen and oxygen atoms in total. The maximum Gasteiger partial charge on any atom is 0.338 e. The molecule has 0 bridgehead atoms. The van der Waals surface area contributed by atoms with Crippen LogP contribution < -0.4 is 0 Å². The molecule has 0 aliphatic rings. The molecule has 20 heavy (non-hydrogen) atoms. The molecule has 8 heteroatoms. The van der Waals surface area contributed by atoms with E-state index in [2.05, 4.69) is 9.97 Å². The number of hydrogen-bond acceptors (Lipinski definition) is 4. The van der Waals surface area contributed by atoms with Gasteiger partial charge in [0, 0.05) is 0 Å². The molecule has 0 fully saturated rings. The summed E-state index contributed by atoms with van der Waals surface area (Å²) in [6.07, 6.45) is 0. The van der Waals surface area contributed by atoms with Gasteiger partial charge < -0.3 is 4.74 Å². The number of rotatable bonds is 3. The molecule has 2 aromatic rings. The lowest BCUT2D eigenvalue weighted by Gasteiger charge is -2.05. The monoisotopic (exact) mass is 318 g/mol. The Morgan fingerprint density at radius 2 is 1.60 bits per heavy atom. The minimum Gasteiger partial charge on any atom is -0.457 e. The molecule has 0 aliphatic carbocycles. The summed E-state index contributed by atoms with van der Waals surface area (Å²) in [6.45, 7) is -0.313. The van der Waals surface area contributed by atoms with Crippen LogP contribution in [-0.2, 0) is 11.3 Å². The maximum absolute atomic E-state index is 12.8. The first-order chi connectivity index (χ1) is 9.44. The summed E-state index contributed by atoms with van der Waals surface area (Å²) in [7, 11) is 0. The van der Waals surface area contributed by atoms with Crippen LogP contribution in [0.1, 0.15) is 15.9 Å². The van der Waals surface area contributed by atoms with Crippen LogP contribution >= 0.6 is 23.2 Å². The standard InChI is InChI=1S/C12H6Cl2F2N2O2/c13-8-3-7(4-9(14)17-8)12(19)20-5-6-1-10(15)18-11(16)2-6/h1-4H,5H2. The minimum absolute atomic E-state index is 0.0328. The Hall–Kier alpha value is -1.79. The molecule has 0 radical (unpaired) electrons. The molecule has 0 aliphatic heterocycles. The molecule has 0 amide bonds. The topological polar surface area (TPSA) is 52.1 Å². The van der Waals surface area contributed by atoms with Crippen molar-refractivity contribution < 1.29 is 18.3 Å². The van der Waals surface area contributed by atoms with E-state index in [0.717, 1.165) is 12.1 Å². The lowest BCUT2D eigenvalue weighted by Crippen LogP contribution is -2.06. The van der Waals surface area contributed by atoms with Crippen molar-refractivity contribution in [1.82, 2.24) is 9.97 Å². The number of nitrogens with zero attached hydrogens (tertiary/aromatic N) is 2. The molecule has 2 aromatic heterocycles. The second-order valence-corrected chi connectivity index (χ2v) is 4.47. The smallest absolute Gasteiger partial charge is 0.338 e. The van der Waals surface area contributed by atoms with Crippen LogP contribution in [-0.4, -0.2) is 15.9 Å². The Labute approximate surface area is 122 Å². The molecular formula is C12H6Cl2F2N2O2. The highest BCUT2D eigenvalue weighted by atomic mass is 35.5. The van der Waals surface area contributed by atoms with Crippen LogP contribution in [0.2, 0.25) is 10.3 Å². The molecule has 0 spiro atoms. The van der Waals surface area contributed by atoms with Crippen molar-refractivity contribution >= 4 is 29.2 Å². The summed E-state index contributed by atoms with van der Waals surface area (Å²) in [4.78, 5) is 18.3. The minimum atomic E-state index is -0.994. The van der Waals surface area contributed by atoms with Gasteiger partial charge in [-0.05, 0) is 29.8 Å². The summed E-state index contributed by atoms with van der Waals surface area (Å²) in [5.74, 6) is -2.73. The second-order valence-electron chi connectivity index (χ2n) is 3.70. The van der Waals surface area contributed by atoms with Crippen molar-refractivity contribution in [1.29, 1.82) is 0 Å². The fraction of sp³-hybridized carbons (Fsp3) is 0.0833. The first kappa shape index (κ1) is 14.6. The van der Waals surface area contributed by atoms with E-state index in [1.54, 1.807) is 0 Å². The molecular weight excluding hydrogens is 313 g/mol. The van der Waals surface area contributed by atoms with E-state index >= 15 is 0 Å². The second kappa shape index (κ2) is 6.11. The van der Waals surface area contributed by atoms with Gasteiger partial charge in [-0.15, -0.1) is 0 Å². The largest absolute Gasteiger partial charge is 0.457 e. The molecule has 0 saturated carbocycles. The average Bonchev–Trinajstić information content (AvgIpc) is 2.33. The predicted octanol–water partition coefficient (Wildman–Crippen LogP) is 3.42. The molecule has 0 aromatic carbocycles. The molecule has 0 N–H and O–H groups in total. The fourth-order valence-corrected chi connectivity index (χ4v) is 1.87. The number of pyridine rings is 2. The predicted molar refractivity (Wildman–Crippen MR) is 67.5 cm³/mol. The summed E-state index contributed by atoms with van der Waals surface area (Å²) in [5, 5.41) is 0.0656. The lowest BCUT2D eigenvalue weighted by molar-refractivity contribution is 0.0471. The van der Waals surface area contributed by atoms with Crippen molar-refractivity contribution in [2.24, 2.45) is 0 Å². The third kappa shape index (κ3) is 3.85. The van der Waals surface area contributed by atoms with E-state index in [1.807, 2.05) is 0 Å². The van der Waals surface area contributed by atoms with Gasteiger partial charge in [-0.1, -0.05) is 23.2 Å². The van der Waals surface area contributed by atoms with Gasteiger partial charge in [-0.25, -0.2) is 9.78 Å². The van der Waals surface area contributed by atoms with Crippen LogP contribution in [0.5, 0.6) is 0 Å². The summed E-state index contributed by atoms with van der Waals surface area (Å²) >= 11 is 11.3. The van der Waals surface area contributed by atoms with E-state index in [4.69, 9.17) is 27.9 Å². The SMILES string of the molecule is O=C(OCc1cc(F)nc(F)c1)c1cc(Cl)nc(Cl)c1. The molecule has 2 heterocycles. The number of hydrogen-bond donors (Lipinski definition) is 0. The zero-order valence-electron chi connectivity index (χ0n) is 9.74. The Morgan fingerprint density at radius 3 is 2.15 bits per heavy atom. The average molecular weight is 319 g/mol. The Kier molecular flexibility index (Phi) is 4.46. The Balaban J connectivity index is 2.08. The number of ether oxygens (including phenoxy) is 1. The van der Waals surface area contributed by atoms with Crippen LogP contribution in [0.15, 0.2) is 24.3 Å². The number of carbonyl (C=O) groups is 1. The Morgan fingerprint density at radius 1 is 1.05 bits per heavy atom. The zero-order valence-corrected chi connectivity index (χ0v) is 11.3. The summed E-state index contributed by atoms with van der Waals surface area (Å²) < 4.78 is 30.6. The molecule has 0 unspecified atom stereocenters. The van der Waals surface area contributed by atoms with E-state index in [9.17, 15) is 13.6 Å². The highest BCUT2D eigenvalue weighted by molar-refractivity contribution is 6.32. The first-order valence-corrected chi connectivity index (χ1v) is 6.02. The summed E-state index contributed by atoms with van der Waals surface area (Å²) in [5.41, 5.74) is 0.222. The number of carbonyl (C=O) groups excluding carboxylic acids is 1. The summed E-state index contributed by atoms with van der Waals surface area (Å²) in [6, 6.07) is 4.46. The van der Waals surface area contributed by atoms with Crippen molar-refractivity contribution in [3.8, 4) is 0 Å². The van der Waals surface area contributed by atoms with Gasteiger partial charge in [0.1, 0.15) is 16.9 Å². The van der Waals surface area contributed by atoms with E-state index < -0.39 is 17.9 Å². The van der Waals surface area contributed by atoms with Gasteiger partial charge in [-0.2, -0.15) is 13.8 Å². The third-order valence-electron chi connectivity index (χ3n) is 2.19. The highest BCUT2D eigenvalue weighted by Crippen LogP contribution is 2.16. The van der Waals surface area contributed by atoms with Gasteiger partial charge in [0.2, 0.25) is 11.9 Å². The molecule has 0 atom stereocenters. The molecule has 0 saturated heterocycles. The van der Waals surface area contributed by atoms with E-state index in [-0.39, 0.29) is 28.0 Å². The van der Waals surface area contributed by atoms with Crippen LogP contribution in [0.25, 0.3) is 0 Å².